The summed E-state index contributed by atoms with van der Waals surface area (Å²) in [4.78, 5) is 26.7. The number of benzene rings is 2. The summed E-state index contributed by atoms with van der Waals surface area (Å²) in [5, 5.41) is 0. The van der Waals surface area contributed by atoms with Crippen molar-refractivity contribution >= 4 is 5.91 Å². The van der Waals surface area contributed by atoms with Crippen LogP contribution in [-0.4, -0.2) is 34.6 Å². The second-order valence-corrected chi connectivity index (χ2v) is 7.78. The molecule has 3 aromatic rings. The topological polar surface area (TPSA) is 51.5 Å². The van der Waals surface area contributed by atoms with E-state index in [0.29, 0.717) is 24.4 Å². The molecule has 1 fully saturated rings. The van der Waals surface area contributed by atoms with Crippen LogP contribution in [0.15, 0.2) is 71.5 Å². The molecule has 1 aromatic heterocycles. The number of piperidine rings is 1. The number of ether oxygens (including phenoxy) is 1. The molecule has 0 aliphatic carbocycles. The van der Waals surface area contributed by atoms with Gasteiger partial charge in [-0.1, -0.05) is 42.5 Å². The van der Waals surface area contributed by atoms with Crippen LogP contribution in [0.2, 0.25) is 0 Å². The van der Waals surface area contributed by atoms with E-state index >= 15 is 0 Å². The Morgan fingerprint density at radius 1 is 0.933 bits per heavy atom. The number of hydrogen-bond acceptors (Lipinski definition) is 3. The van der Waals surface area contributed by atoms with Crippen molar-refractivity contribution in [2.24, 2.45) is 7.05 Å². The lowest BCUT2D eigenvalue weighted by atomic mass is 10.0. The minimum Gasteiger partial charge on any atom is -0.490 e. The molecule has 0 N–H and O–H groups in total. The second kappa shape index (κ2) is 8.57. The average Bonchev–Trinajstić information content (AvgIpc) is 2.78. The molecule has 2 heterocycles. The summed E-state index contributed by atoms with van der Waals surface area (Å²) < 4.78 is 7.61. The van der Waals surface area contributed by atoms with Crippen molar-refractivity contribution in [3.8, 4) is 16.9 Å². The molecule has 0 saturated carbocycles. The van der Waals surface area contributed by atoms with Crippen LogP contribution < -0.4 is 10.3 Å². The molecular formula is C25H26N2O3. The molecule has 5 nitrogen and oxygen atoms in total. The Bertz CT molecular complexity index is 1080. The number of aromatic nitrogens is 1. The van der Waals surface area contributed by atoms with Crippen LogP contribution in [0, 0.1) is 6.92 Å². The Balaban J connectivity index is 1.36. The quantitative estimate of drug-likeness (QED) is 0.662. The van der Waals surface area contributed by atoms with Crippen LogP contribution in [0.4, 0.5) is 0 Å². The molecule has 0 radical (unpaired) electrons. The first kappa shape index (κ1) is 20.0. The molecule has 0 atom stereocenters. The van der Waals surface area contributed by atoms with Gasteiger partial charge in [0.25, 0.3) is 11.5 Å². The third-order valence-electron chi connectivity index (χ3n) is 5.75. The van der Waals surface area contributed by atoms with Gasteiger partial charge in [0.1, 0.15) is 11.9 Å². The molecule has 0 spiro atoms. The van der Waals surface area contributed by atoms with Gasteiger partial charge in [0, 0.05) is 50.3 Å². The highest BCUT2D eigenvalue weighted by Gasteiger charge is 2.25. The van der Waals surface area contributed by atoms with E-state index in [-0.39, 0.29) is 17.6 Å². The Kier molecular flexibility index (Phi) is 5.70. The Morgan fingerprint density at radius 2 is 1.57 bits per heavy atom. The number of rotatable bonds is 4. The molecule has 1 amide bonds. The minimum absolute atomic E-state index is 0.0148. The largest absolute Gasteiger partial charge is 0.490 e. The van der Waals surface area contributed by atoms with Crippen molar-refractivity contribution in [3.63, 3.8) is 0 Å². The summed E-state index contributed by atoms with van der Waals surface area (Å²) in [5.41, 5.74) is 3.74. The number of carbonyl (C=O) groups excluding carboxylic acids is 1. The molecule has 0 unspecified atom stereocenters. The van der Waals surface area contributed by atoms with Crippen LogP contribution in [0.1, 0.15) is 28.9 Å². The van der Waals surface area contributed by atoms with Crippen molar-refractivity contribution in [2.75, 3.05) is 13.1 Å². The number of nitrogens with zero attached hydrogens (tertiary/aromatic N) is 2. The van der Waals surface area contributed by atoms with Crippen molar-refractivity contribution in [1.82, 2.24) is 9.47 Å². The van der Waals surface area contributed by atoms with Crippen LogP contribution in [0.3, 0.4) is 0 Å². The lowest BCUT2D eigenvalue weighted by molar-refractivity contribution is 0.0595. The van der Waals surface area contributed by atoms with E-state index in [2.05, 4.69) is 12.1 Å². The third-order valence-corrected chi connectivity index (χ3v) is 5.75. The first-order valence-corrected chi connectivity index (χ1v) is 10.3. The highest BCUT2D eigenvalue weighted by Crippen LogP contribution is 2.22. The van der Waals surface area contributed by atoms with E-state index < -0.39 is 0 Å². The zero-order valence-electron chi connectivity index (χ0n) is 17.4. The van der Waals surface area contributed by atoms with Crippen LogP contribution >= 0.6 is 0 Å². The van der Waals surface area contributed by atoms with Crippen LogP contribution in [0.25, 0.3) is 11.1 Å². The van der Waals surface area contributed by atoms with E-state index in [1.54, 1.807) is 11.6 Å². The lowest BCUT2D eigenvalue weighted by Gasteiger charge is -2.32. The summed E-state index contributed by atoms with van der Waals surface area (Å²) in [6, 6.07) is 21.3. The van der Waals surface area contributed by atoms with E-state index in [1.807, 2.05) is 60.4 Å². The predicted molar refractivity (Wildman–Crippen MR) is 118 cm³/mol. The highest BCUT2D eigenvalue weighted by molar-refractivity contribution is 5.94. The summed E-state index contributed by atoms with van der Waals surface area (Å²) in [7, 11) is 1.75. The Morgan fingerprint density at radius 3 is 2.20 bits per heavy atom. The fourth-order valence-corrected chi connectivity index (χ4v) is 3.79. The molecule has 1 saturated heterocycles. The summed E-state index contributed by atoms with van der Waals surface area (Å²) in [5.74, 6) is 0.661. The molecule has 0 bridgehead atoms. The maximum Gasteiger partial charge on any atom is 0.254 e. The maximum atomic E-state index is 12.9. The maximum absolute atomic E-state index is 12.9. The Hall–Kier alpha value is -3.34. The first-order chi connectivity index (χ1) is 14.5. The summed E-state index contributed by atoms with van der Waals surface area (Å²) in [6.45, 7) is 3.18. The van der Waals surface area contributed by atoms with Gasteiger partial charge in [-0.15, -0.1) is 0 Å². The van der Waals surface area contributed by atoms with Gasteiger partial charge >= 0.3 is 0 Å². The zero-order chi connectivity index (χ0) is 21.1. The third kappa shape index (κ3) is 4.30. The van der Waals surface area contributed by atoms with Gasteiger partial charge in [0.05, 0.1) is 0 Å². The smallest absolute Gasteiger partial charge is 0.254 e. The van der Waals surface area contributed by atoms with E-state index in [1.165, 1.54) is 6.07 Å². The van der Waals surface area contributed by atoms with Crippen LogP contribution in [0.5, 0.6) is 5.75 Å². The minimum atomic E-state index is -0.0726. The van der Waals surface area contributed by atoms with Crippen molar-refractivity contribution in [3.05, 3.63) is 88.3 Å². The number of carbonyl (C=O) groups is 1. The zero-order valence-corrected chi connectivity index (χ0v) is 17.4. The van der Waals surface area contributed by atoms with Gasteiger partial charge in [0.15, 0.2) is 0 Å². The number of pyridine rings is 1. The van der Waals surface area contributed by atoms with Gasteiger partial charge in [-0.3, -0.25) is 9.59 Å². The van der Waals surface area contributed by atoms with Crippen molar-refractivity contribution in [1.29, 1.82) is 0 Å². The fraction of sp³-hybridized carbons (Fsp3) is 0.280. The monoisotopic (exact) mass is 402 g/mol. The van der Waals surface area contributed by atoms with Crippen LogP contribution in [-0.2, 0) is 7.05 Å². The molecular weight excluding hydrogens is 376 g/mol. The molecule has 2 aromatic carbocycles. The molecule has 154 valence electrons. The standard InChI is InChI=1S/C25H26N2O3/c1-18-16-23(17-24(28)26(18)2)30-22-12-14-27(15-13-22)25(29)21-10-8-20(9-11-21)19-6-4-3-5-7-19/h3-11,16-17,22H,12-15H2,1-2H3. The normalized spacial score (nSPS) is 14.5. The number of hydrogen-bond donors (Lipinski definition) is 0. The first-order valence-electron chi connectivity index (χ1n) is 10.3. The number of likely N-dealkylation sites (tertiary alicyclic amines) is 1. The molecule has 5 heteroatoms. The van der Waals surface area contributed by atoms with E-state index in [4.69, 9.17) is 4.74 Å². The second-order valence-electron chi connectivity index (χ2n) is 7.78. The highest BCUT2D eigenvalue weighted by atomic mass is 16.5. The average molecular weight is 402 g/mol. The van der Waals surface area contributed by atoms with Gasteiger partial charge in [0.2, 0.25) is 0 Å². The van der Waals surface area contributed by atoms with Gasteiger partial charge in [-0.05, 0) is 36.2 Å². The predicted octanol–water partition coefficient (Wildman–Crippen LogP) is 4.04. The summed E-state index contributed by atoms with van der Waals surface area (Å²) in [6.07, 6.45) is 1.52. The molecule has 1 aliphatic heterocycles. The fourth-order valence-electron chi connectivity index (χ4n) is 3.79. The van der Waals surface area contributed by atoms with E-state index in [0.717, 1.165) is 29.7 Å². The lowest BCUT2D eigenvalue weighted by Crippen LogP contribution is -2.41. The molecule has 30 heavy (non-hydrogen) atoms. The van der Waals surface area contributed by atoms with Crippen molar-refractivity contribution < 1.29 is 9.53 Å². The Labute approximate surface area is 176 Å². The molecule has 1 aliphatic rings. The molecule has 4 rings (SSSR count). The van der Waals surface area contributed by atoms with Gasteiger partial charge in [-0.2, -0.15) is 0 Å². The van der Waals surface area contributed by atoms with E-state index in [9.17, 15) is 9.59 Å². The van der Waals surface area contributed by atoms with Crippen molar-refractivity contribution in [2.45, 2.75) is 25.9 Å². The van der Waals surface area contributed by atoms with Gasteiger partial charge in [-0.25, -0.2) is 0 Å². The summed E-state index contributed by atoms with van der Waals surface area (Å²) >= 11 is 0. The number of aryl methyl sites for hydroxylation is 1. The number of amides is 1. The van der Waals surface area contributed by atoms with Gasteiger partial charge < -0.3 is 14.2 Å². The SMILES string of the molecule is Cc1cc(OC2CCN(C(=O)c3ccc(-c4ccccc4)cc3)CC2)cc(=O)n1C.